The second-order valence-corrected chi connectivity index (χ2v) is 7.97. The number of nitrogens with one attached hydrogen (secondary N) is 1. The van der Waals surface area contributed by atoms with Gasteiger partial charge in [-0.1, -0.05) is 13.0 Å². The lowest BCUT2D eigenvalue weighted by molar-refractivity contribution is -0.119. The first-order chi connectivity index (χ1) is 11.7. The topological polar surface area (TPSA) is 116 Å². The molecule has 0 aliphatic rings. The molecule has 0 unspecified atom stereocenters. The Bertz CT molecular complexity index is 903. The van der Waals surface area contributed by atoms with Crippen molar-refractivity contribution < 1.29 is 22.7 Å². The predicted molar refractivity (Wildman–Crippen MR) is 95.2 cm³/mol. The average Bonchev–Trinajstić information content (AvgIpc) is 2.93. The summed E-state index contributed by atoms with van der Waals surface area (Å²) >= 11 is 1.34. The molecule has 0 saturated carbocycles. The first-order valence-corrected chi connectivity index (χ1v) is 9.76. The molecule has 0 atom stereocenters. The number of amides is 1. The van der Waals surface area contributed by atoms with Crippen LogP contribution in [0.25, 0.3) is 0 Å². The van der Waals surface area contributed by atoms with Gasteiger partial charge in [-0.3, -0.25) is 4.79 Å². The zero-order chi connectivity index (χ0) is 18.6. The Balaban J connectivity index is 1.95. The summed E-state index contributed by atoms with van der Waals surface area (Å²) in [6.45, 7) is 3.44. The first kappa shape index (κ1) is 19.1. The number of carbonyl (C=O) groups excluding carboxylic acids is 2. The molecule has 1 heterocycles. The van der Waals surface area contributed by atoms with Crippen LogP contribution < -0.4 is 10.5 Å². The number of anilines is 1. The van der Waals surface area contributed by atoms with Crippen LogP contribution in [-0.4, -0.2) is 26.9 Å². The molecule has 1 aromatic heterocycles. The summed E-state index contributed by atoms with van der Waals surface area (Å²) in [6, 6.07) is 7.23. The zero-order valence-electron chi connectivity index (χ0n) is 13.7. The Morgan fingerprint density at radius 1 is 1.28 bits per heavy atom. The van der Waals surface area contributed by atoms with Crippen molar-refractivity contribution in [2.45, 2.75) is 25.2 Å². The Hall–Kier alpha value is -2.23. The zero-order valence-corrected chi connectivity index (χ0v) is 15.4. The smallest absolute Gasteiger partial charge is 0.348 e. The summed E-state index contributed by atoms with van der Waals surface area (Å²) in [6.07, 6.45) is 0.824. The van der Waals surface area contributed by atoms with Crippen LogP contribution >= 0.6 is 11.3 Å². The fourth-order valence-corrected chi connectivity index (χ4v) is 3.69. The van der Waals surface area contributed by atoms with Crippen molar-refractivity contribution in [2.24, 2.45) is 5.14 Å². The third-order valence-corrected chi connectivity index (χ3v) is 5.60. The minimum absolute atomic E-state index is 0.122. The van der Waals surface area contributed by atoms with E-state index in [9.17, 15) is 18.0 Å². The van der Waals surface area contributed by atoms with E-state index in [4.69, 9.17) is 9.88 Å². The van der Waals surface area contributed by atoms with Gasteiger partial charge in [-0.25, -0.2) is 18.4 Å². The molecule has 7 nitrogen and oxygen atoms in total. The first-order valence-electron chi connectivity index (χ1n) is 7.40. The van der Waals surface area contributed by atoms with Crippen molar-refractivity contribution in [3.05, 3.63) is 45.6 Å². The molecule has 3 N–H and O–H groups in total. The van der Waals surface area contributed by atoms with Crippen molar-refractivity contribution in [3.63, 3.8) is 0 Å². The summed E-state index contributed by atoms with van der Waals surface area (Å²) in [5, 5.41) is 7.49. The lowest BCUT2D eigenvalue weighted by atomic mass is 10.2. The standard InChI is InChI=1S/C16H18N2O5S2/c1-3-13-10(2)7-14(24-13)16(20)23-9-15(19)18-11-5-4-6-12(8-11)25(17,21)22/h4-8H,3,9H2,1-2H3,(H,18,19)(H2,17,21,22). The molecule has 9 heteroatoms. The molecule has 0 fully saturated rings. The third-order valence-electron chi connectivity index (χ3n) is 3.32. The number of benzene rings is 1. The molecule has 0 aliphatic heterocycles. The van der Waals surface area contributed by atoms with Crippen molar-refractivity contribution in [1.29, 1.82) is 0 Å². The van der Waals surface area contributed by atoms with Gasteiger partial charge < -0.3 is 10.1 Å². The van der Waals surface area contributed by atoms with E-state index >= 15 is 0 Å². The summed E-state index contributed by atoms with van der Waals surface area (Å²) in [5.41, 5.74) is 1.26. The highest BCUT2D eigenvalue weighted by atomic mass is 32.2. The highest BCUT2D eigenvalue weighted by molar-refractivity contribution is 7.89. The quantitative estimate of drug-likeness (QED) is 0.742. The Kier molecular flexibility index (Phi) is 5.93. The third kappa shape index (κ3) is 5.12. The number of rotatable bonds is 6. The molecular weight excluding hydrogens is 364 g/mol. The second-order valence-electron chi connectivity index (χ2n) is 5.27. The largest absolute Gasteiger partial charge is 0.451 e. The lowest BCUT2D eigenvalue weighted by Gasteiger charge is -2.07. The minimum Gasteiger partial charge on any atom is -0.451 e. The number of thiophene rings is 1. The molecular formula is C16H18N2O5S2. The van der Waals surface area contributed by atoms with E-state index in [0.29, 0.717) is 4.88 Å². The number of esters is 1. The maximum absolute atomic E-state index is 12.0. The number of carbonyl (C=O) groups is 2. The highest BCUT2D eigenvalue weighted by Gasteiger charge is 2.15. The van der Waals surface area contributed by atoms with Gasteiger partial charge in [0.2, 0.25) is 10.0 Å². The van der Waals surface area contributed by atoms with Gasteiger partial charge in [0.05, 0.1) is 4.90 Å². The van der Waals surface area contributed by atoms with Crippen LogP contribution in [0.5, 0.6) is 0 Å². The Morgan fingerprint density at radius 2 is 2.00 bits per heavy atom. The van der Waals surface area contributed by atoms with Crippen molar-refractivity contribution in [2.75, 3.05) is 11.9 Å². The maximum Gasteiger partial charge on any atom is 0.348 e. The maximum atomic E-state index is 12.0. The molecule has 0 saturated heterocycles. The van der Waals surface area contributed by atoms with Gasteiger partial charge in [0.1, 0.15) is 4.88 Å². The van der Waals surface area contributed by atoms with Crippen molar-refractivity contribution in [3.8, 4) is 0 Å². The van der Waals surface area contributed by atoms with E-state index in [2.05, 4.69) is 5.32 Å². The number of aryl methyl sites for hydroxylation is 2. The monoisotopic (exact) mass is 382 g/mol. The fraction of sp³-hybridized carbons (Fsp3) is 0.250. The summed E-state index contributed by atoms with van der Waals surface area (Å²) < 4.78 is 27.6. The van der Waals surface area contributed by atoms with E-state index in [0.717, 1.165) is 16.9 Å². The number of nitrogens with two attached hydrogens (primary N) is 1. The Labute approximate surface area is 149 Å². The summed E-state index contributed by atoms with van der Waals surface area (Å²) in [5.74, 6) is -1.15. The second kappa shape index (κ2) is 7.77. The molecule has 2 rings (SSSR count). The van der Waals surface area contributed by atoms with Gasteiger partial charge in [0.25, 0.3) is 5.91 Å². The highest BCUT2D eigenvalue weighted by Crippen LogP contribution is 2.23. The van der Waals surface area contributed by atoms with Crippen LogP contribution in [0.4, 0.5) is 5.69 Å². The summed E-state index contributed by atoms with van der Waals surface area (Å²) in [7, 11) is -3.86. The van der Waals surface area contributed by atoms with Crippen LogP contribution in [0, 0.1) is 6.92 Å². The van der Waals surface area contributed by atoms with E-state index in [1.54, 1.807) is 6.07 Å². The van der Waals surface area contributed by atoms with Crippen LogP contribution in [0.1, 0.15) is 27.0 Å². The molecule has 1 amide bonds. The number of ether oxygens (including phenoxy) is 1. The molecule has 2 aromatic rings. The molecule has 134 valence electrons. The molecule has 1 aromatic carbocycles. The normalized spacial score (nSPS) is 11.2. The van der Waals surface area contributed by atoms with Crippen molar-refractivity contribution >= 4 is 38.9 Å². The van der Waals surface area contributed by atoms with E-state index in [1.165, 1.54) is 35.6 Å². The number of sulfonamides is 1. The number of hydrogen-bond acceptors (Lipinski definition) is 6. The van der Waals surface area contributed by atoms with E-state index < -0.39 is 28.5 Å². The van der Waals surface area contributed by atoms with Crippen LogP contribution in [0.2, 0.25) is 0 Å². The Morgan fingerprint density at radius 3 is 2.60 bits per heavy atom. The van der Waals surface area contributed by atoms with Crippen LogP contribution in [-0.2, 0) is 26.0 Å². The van der Waals surface area contributed by atoms with Crippen molar-refractivity contribution in [1.82, 2.24) is 0 Å². The molecule has 0 radical (unpaired) electrons. The van der Waals surface area contributed by atoms with Crippen LogP contribution in [0.15, 0.2) is 35.2 Å². The van der Waals surface area contributed by atoms with Gasteiger partial charge in [-0.05, 0) is 43.2 Å². The van der Waals surface area contributed by atoms with Gasteiger partial charge in [-0.15, -0.1) is 11.3 Å². The molecule has 0 aliphatic carbocycles. The van der Waals surface area contributed by atoms with E-state index in [-0.39, 0.29) is 10.6 Å². The average molecular weight is 382 g/mol. The van der Waals surface area contributed by atoms with Gasteiger partial charge in [0.15, 0.2) is 6.61 Å². The lowest BCUT2D eigenvalue weighted by Crippen LogP contribution is -2.21. The van der Waals surface area contributed by atoms with Gasteiger partial charge in [-0.2, -0.15) is 0 Å². The molecule has 0 bridgehead atoms. The van der Waals surface area contributed by atoms with E-state index in [1.807, 2.05) is 13.8 Å². The SMILES string of the molecule is CCc1sc(C(=O)OCC(=O)Nc2cccc(S(N)(=O)=O)c2)cc1C. The predicted octanol–water partition coefficient (Wildman–Crippen LogP) is 2.06. The fourth-order valence-electron chi connectivity index (χ4n) is 2.12. The minimum atomic E-state index is -3.86. The number of hydrogen-bond donors (Lipinski definition) is 2. The summed E-state index contributed by atoms with van der Waals surface area (Å²) in [4.78, 5) is 25.3. The van der Waals surface area contributed by atoms with Gasteiger partial charge in [0, 0.05) is 10.6 Å². The van der Waals surface area contributed by atoms with Crippen LogP contribution in [0.3, 0.4) is 0 Å². The molecule has 25 heavy (non-hydrogen) atoms. The van der Waals surface area contributed by atoms with Gasteiger partial charge >= 0.3 is 5.97 Å². The number of primary sulfonamides is 1. The molecule has 0 spiro atoms.